The van der Waals surface area contributed by atoms with Gasteiger partial charge in [-0.05, 0) is 50.3 Å². The van der Waals surface area contributed by atoms with Gasteiger partial charge in [0.2, 0.25) is 0 Å². The fourth-order valence-corrected chi connectivity index (χ4v) is 2.77. The minimum absolute atomic E-state index is 0. The molecule has 0 aliphatic carbocycles. The molecule has 1 rings (SSSR count). The number of nitrogens with one attached hydrogen (secondary N) is 2. The smallest absolute Gasteiger partial charge is 0.191 e. The average Bonchev–Trinajstić information content (AvgIpc) is 2.62. The predicted molar refractivity (Wildman–Crippen MR) is 124 cm³/mol. The number of benzene rings is 1. The topological polar surface area (TPSA) is 54.9 Å². The van der Waals surface area contributed by atoms with E-state index in [1.165, 1.54) is 17.7 Å². The highest BCUT2D eigenvalue weighted by atomic mass is 127. The van der Waals surface area contributed by atoms with E-state index in [-0.39, 0.29) is 24.0 Å². The summed E-state index contributed by atoms with van der Waals surface area (Å²) < 4.78 is 11.2. The van der Waals surface area contributed by atoms with Crippen LogP contribution in [0, 0.1) is 6.92 Å². The molecule has 0 fully saturated rings. The van der Waals surface area contributed by atoms with Crippen LogP contribution in [0.3, 0.4) is 0 Å². The molecule has 1 aromatic rings. The highest BCUT2D eigenvalue weighted by molar-refractivity contribution is 14.0. The second kappa shape index (κ2) is 16.5. The van der Waals surface area contributed by atoms with Crippen LogP contribution in [0.15, 0.2) is 23.2 Å². The van der Waals surface area contributed by atoms with Gasteiger partial charge in [-0.25, -0.2) is 0 Å². The summed E-state index contributed by atoms with van der Waals surface area (Å²) in [5, 5.41) is 6.72. The molecule has 0 saturated carbocycles. The number of rotatable bonds is 12. The number of guanidine groups is 1. The van der Waals surface area contributed by atoms with E-state index in [0.29, 0.717) is 26.4 Å². The van der Waals surface area contributed by atoms with Gasteiger partial charge in [-0.3, -0.25) is 4.99 Å². The largest absolute Gasteiger partial charge is 0.491 e. The van der Waals surface area contributed by atoms with E-state index >= 15 is 0 Å². The average molecular weight is 495 g/mol. The maximum absolute atomic E-state index is 5.88. The molecule has 0 bridgehead atoms. The van der Waals surface area contributed by atoms with Crippen LogP contribution < -0.4 is 15.4 Å². The van der Waals surface area contributed by atoms with Crippen molar-refractivity contribution >= 4 is 41.7 Å². The Labute approximate surface area is 180 Å². The number of unbranched alkanes of at least 4 members (excludes halogenated alkanes) is 1. The van der Waals surface area contributed by atoms with Crippen LogP contribution >= 0.6 is 35.7 Å². The molecule has 5 nitrogen and oxygen atoms in total. The highest BCUT2D eigenvalue weighted by Crippen LogP contribution is 2.20. The molecule has 0 heterocycles. The van der Waals surface area contributed by atoms with Crippen molar-refractivity contribution in [2.45, 2.75) is 33.2 Å². The fraction of sp³-hybridized carbons (Fsp3) is 0.632. The van der Waals surface area contributed by atoms with E-state index < -0.39 is 0 Å². The van der Waals surface area contributed by atoms with Gasteiger partial charge >= 0.3 is 0 Å². The molecule has 1 aromatic carbocycles. The van der Waals surface area contributed by atoms with E-state index in [2.05, 4.69) is 47.0 Å². The lowest BCUT2D eigenvalue weighted by Gasteiger charge is -2.15. The summed E-state index contributed by atoms with van der Waals surface area (Å²) in [5.41, 5.74) is 2.30. The Morgan fingerprint density at radius 1 is 1.19 bits per heavy atom. The SMILES string of the molecule is CCOCCOc1cc(C)ccc1CNC(=NC)NCCCCSC.I. The number of nitrogens with zero attached hydrogens (tertiary/aromatic N) is 1. The van der Waals surface area contributed by atoms with Crippen molar-refractivity contribution in [3.05, 3.63) is 29.3 Å². The van der Waals surface area contributed by atoms with Gasteiger partial charge in [0.25, 0.3) is 0 Å². The van der Waals surface area contributed by atoms with E-state index in [1.54, 1.807) is 7.05 Å². The number of hydrogen-bond acceptors (Lipinski definition) is 4. The summed E-state index contributed by atoms with van der Waals surface area (Å²) in [6, 6.07) is 6.27. The third kappa shape index (κ3) is 11.1. The number of hydrogen-bond donors (Lipinski definition) is 2. The van der Waals surface area contributed by atoms with Gasteiger partial charge in [-0.1, -0.05) is 12.1 Å². The summed E-state index contributed by atoms with van der Waals surface area (Å²) in [6.45, 7) is 7.55. The monoisotopic (exact) mass is 495 g/mol. The molecule has 150 valence electrons. The van der Waals surface area contributed by atoms with Crippen molar-refractivity contribution in [3.63, 3.8) is 0 Å². The summed E-state index contributed by atoms with van der Waals surface area (Å²) in [6.07, 6.45) is 4.52. The second-order valence-electron chi connectivity index (χ2n) is 5.71. The number of ether oxygens (including phenoxy) is 2. The molecule has 7 heteroatoms. The molecule has 0 saturated heterocycles. The zero-order valence-corrected chi connectivity index (χ0v) is 19.6. The van der Waals surface area contributed by atoms with Crippen LogP contribution in [0.4, 0.5) is 0 Å². The number of aliphatic imine (C=N–C) groups is 1. The summed E-state index contributed by atoms with van der Waals surface area (Å²) in [4.78, 5) is 4.28. The summed E-state index contributed by atoms with van der Waals surface area (Å²) in [7, 11) is 1.80. The predicted octanol–water partition coefficient (Wildman–Crippen LogP) is 3.84. The Balaban J connectivity index is 0.00000625. The summed E-state index contributed by atoms with van der Waals surface area (Å²) >= 11 is 1.89. The minimum Gasteiger partial charge on any atom is -0.491 e. The van der Waals surface area contributed by atoms with Crippen LogP contribution in [0.25, 0.3) is 0 Å². The van der Waals surface area contributed by atoms with E-state index in [4.69, 9.17) is 9.47 Å². The van der Waals surface area contributed by atoms with Crippen LogP contribution in [0.1, 0.15) is 30.9 Å². The molecule has 0 amide bonds. The van der Waals surface area contributed by atoms with E-state index in [0.717, 1.165) is 30.2 Å². The Morgan fingerprint density at radius 3 is 2.69 bits per heavy atom. The molecule has 0 aliphatic heterocycles. The van der Waals surface area contributed by atoms with Gasteiger partial charge in [0.05, 0.1) is 6.61 Å². The lowest BCUT2D eigenvalue weighted by atomic mass is 10.1. The van der Waals surface area contributed by atoms with Crippen molar-refractivity contribution in [1.82, 2.24) is 10.6 Å². The lowest BCUT2D eigenvalue weighted by molar-refractivity contribution is 0.110. The first-order valence-corrected chi connectivity index (χ1v) is 10.3. The Morgan fingerprint density at radius 2 is 2.00 bits per heavy atom. The Bertz CT molecular complexity index is 516. The van der Waals surface area contributed by atoms with Gasteiger partial charge in [0, 0.05) is 32.3 Å². The zero-order valence-electron chi connectivity index (χ0n) is 16.5. The van der Waals surface area contributed by atoms with Crippen LogP contribution in [-0.2, 0) is 11.3 Å². The van der Waals surface area contributed by atoms with Gasteiger partial charge in [0.15, 0.2) is 5.96 Å². The standard InChI is InChI=1S/C19H33N3O2S.HI/c1-5-23-11-12-24-18-14-16(2)8-9-17(18)15-22-19(20-3)21-10-6-7-13-25-4;/h8-9,14H,5-7,10-13,15H2,1-4H3,(H2,20,21,22);1H. The molecule has 26 heavy (non-hydrogen) atoms. The third-order valence-corrected chi connectivity index (χ3v) is 4.35. The first-order chi connectivity index (χ1) is 12.2. The van der Waals surface area contributed by atoms with Crippen LogP contribution in [0.2, 0.25) is 0 Å². The molecular weight excluding hydrogens is 461 g/mol. The Hall–Kier alpha value is -0.670. The van der Waals surface area contributed by atoms with Crippen molar-refractivity contribution < 1.29 is 9.47 Å². The van der Waals surface area contributed by atoms with Crippen LogP contribution in [-0.4, -0.2) is 51.4 Å². The molecule has 0 aromatic heterocycles. The minimum atomic E-state index is 0. The van der Waals surface area contributed by atoms with Crippen molar-refractivity contribution in [3.8, 4) is 5.75 Å². The van der Waals surface area contributed by atoms with Gasteiger partial charge in [0.1, 0.15) is 12.4 Å². The van der Waals surface area contributed by atoms with Gasteiger partial charge in [-0.2, -0.15) is 11.8 Å². The fourth-order valence-electron chi connectivity index (χ4n) is 2.27. The molecule has 2 N–H and O–H groups in total. The van der Waals surface area contributed by atoms with Crippen molar-refractivity contribution in [2.24, 2.45) is 4.99 Å². The maximum Gasteiger partial charge on any atom is 0.191 e. The molecule has 0 radical (unpaired) electrons. The first kappa shape index (κ1) is 25.3. The second-order valence-corrected chi connectivity index (χ2v) is 6.69. The first-order valence-electron chi connectivity index (χ1n) is 8.94. The van der Waals surface area contributed by atoms with Crippen molar-refractivity contribution in [2.75, 3.05) is 45.4 Å². The molecule has 0 atom stereocenters. The highest BCUT2D eigenvalue weighted by Gasteiger charge is 2.06. The molecule has 0 aliphatic rings. The van der Waals surface area contributed by atoms with Gasteiger partial charge in [-0.15, -0.1) is 24.0 Å². The summed E-state index contributed by atoms with van der Waals surface area (Å²) in [5.74, 6) is 2.94. The third-order valence-electron chi connectivity index (χ3n) is 3.65. The zero-order chi connectivity index (χ0) is 18.3. The molecule has 0 spiro atoms. The molecular formula is C19H34IN3O2S. The van der Waals surface area contributed by atoms with Crippen molar-refractivity contribution in [1.29, 1.82) is 0 Å². The van der Waals surface area contributed by atoms with E-state index in [1.807, 2.05) is 18.7 Å². The number of halogens is 1. The normalized spacial score (nSPS) is 11.0. The Kier molecular flexibility index (Phi) is 16.1. The maximum atomic E-state index is 5.88. The van der Waals surface area contributed by atoms with Crippen LogP contribution in [0.5, 0.6) is 5.75 Å². The quantitative estimate of drug-likeness (QED) is 0.200. The number of aryl methyl sites for hydroxylation is 1. The lowest BCUT2D eigenvalue weighted by Crippen LogP contribution is -2.37. The van der Waals surface area contributed by atoms with E-state index in [9.17, 15) is 0 Å². The van der Waals surface area contributed by atoms with Gasteiger partial charge < -0.3 is 20.1 Å². The number of thioether (sulfide) groups is 1. The molecule has 0 unspecified atom stereocenters.